The fourth-order valence-corrected chi connectivity index (χ4v) is 2.66. The van der Waals surface area contributed by atoms with E-state index in [-0.39, 0.29) is 5.82 Å². The Labute approximate surface area is 140 Å². The lowest BCUT2D eigenvalue weighted by Gasteiger charge is -2.11. The van der Waals surface area contributed by atoms with Gasteiger partial charge < -0.3 is 5.73 Å². The van der Waals surface area contributed by atoms with Crippen LogP contribution in [0.4, 0.5) is 5.82 Å². The average molecular weight is 320 g/mol. The molecule has 2 N–H and O–H groups in total. The van der Waals surface area contributed by atoms with Crippen molar-refractivity contribution in [1.29, 1.82) is 5.26 Å². The summed E-state index contributed by atoms with van der Waals surface area (Å²) in [5.41, 5.74) is 10.9. The van der Waals surface area contributed by atoms with Crippen LogP contribution in [0.25, 0.3) is 22.4 Å². The van der Waals surface area contributed by atoms with Crippen LogP contribution in [0, 0.1) is 18.3 Å². The van der Waals surface area contributed by atoms with Crippen molar-refractivity contribution < 1.29 is 0 Å². The van der Waals surface area contributed by atoms with Gasteiger partial charge in [-0.2, -0.15) is 5.26 Å². The van der Waals surface area contributed by atoms with E-state index in [1.807, 2.05) is 49.4 Å². The van der Waals surface area contributed by atoms with E-state index in [0.717, 1.165) is 27.9 Å². The maximum atomic E-state index is 9.44. The Bertz CT molecular complexity index is 909. The second-order valence-corrected chi connectivity index (χ2v) is 5.69. The van der Waals surface area contributed by atoms with E-state index in [1.165, 1.54) is 0 Å². The molecule has 0 radical (unpaired) electrons. The number of rotatable bonds is 2. The SMILES string of the molecule is Cc1ccccc1-c1cc(-c2ccc(Cl)cc2)c(C#N)c(N)n1. The number of aryl methyl sites for hydroxylation is 1. The molecule has 0 atom stereocenters. The molecule has 3 rings (SSSR count). The number of nitriles is 1. The van der Waals surface area contributed by atoms with Gasteiger partial charge in [0.15, 0.2) is 0 Å². The molecule has 1 heterocycles. The second kappa shape index (κ2) is 6.12. The Kier molecular flexibility index (Phi) is 4.01. The predicted molar refractivity (Wildman–Crippen MR) is 94.0 cm³/mol. The summed E-state index contributed by atoms with van der Waals surface area (Å²) in [6.45, 7) is 2.02. The topological polar surface area (TPSA) is 62.7 Å². The number of nitrogens with zero attached hydrogens (tertiary/aromatic N) is 2. The third-order valence-electron chi connectivity index (χ3n) is 3.74. The van der Waals surface area contributed by atoms with Crippen LogP contribution >= 0.6 is 11.6 Å². The Balaban J connectivity index is 2.25. The Hall–Kier alpha value is -2.83. The molecule has 0 aliphatic rings. The lowest BCUT2D eigenvalue weighted by atomic mass is 9.97. The zero-order valence-corrected chi connectivity index (χ0v) is 13.3. The minimum absolute atomic E-state index is 0.234. The zero-order valence-electron chi connectivity index (χ0n) is 12.5. The number of aromatic nitrogens is 1. The number of pyridine rings is 1. The van der Waals surface area contributed by atoms with E-state index >= 15 is 0 Å². The van der Waals surface area contributed by atoms with E-state index in [2.05, 4.69) is 11.1 Å². The molecule has 1 aromatic heterocycles. The molecule has 0 saturated carbocycles. The van der Waals surface area contributed by atoms with E-state index in [1.54, 1.807) is 12.1 Å². The average Bonchev–Trinajstić information content (AvgIpc) is 2.55. The molecule has 0 bridgehead atoms. The lowest BCUT2D eigenvalue weighted by Crippen LogP contribution is -2.00. The maximum absolute atomic E-state index is 9.44. The van der Waals surface area contributed by atoms with Crippen molar-refractivity contribution in [3.8, 4) is 28.5 Å². The van der Waals surface area contributed by atoms with Crippen LogP contribution in [-0.4, -0.2) is 4.98 Å². The van der Waals surface area contributed by atoms with E-state index in [4.69, 9.17) is 17.3 Å². The van der Waals surface area contributed by atoms with Crippen molar-refractivity contribution in [3.05, 3.63) is 70.7 Å². The van der Waals surface area contributed by atoms with Gasteiger partial charge in [-0.25, -0.2) is 4.98 Å². The van der Waals surface area contributed by atoms with Gasteiger partial charge in [0.25, 0.3) is 0 Å². The molecule has 23 heavy (non-hydrogen) atoms. The van der Waals surface area contributed by atoms with Crippen LogP contribution in [0.2, 0.25) is 5.02 Å². The Morgan fingerprint density at radius 3 is 2.39 bits per heavy atom. The van der Waals surface area contributed by atoms with Gasteiger partial charge >= 0.3 is 0 Å². The summed E-state index contributed by atoms with van der Waals surface area (Å²) in [4.78, 5) is 4.41. The van der Waals surface area contributed by atoms with Gasteiger partial charge in [-0.1, -0.05) is 48.0 Å². The van der Waals surface area contributed by atoms with Crippen molar-refractivity contribution >= 4 is 17.4 Å². The van der Waals surface area contributed by atoms with Crippen molar-refractivity contribution in [2.45, 2.75) is 6.92 Å². The molecule has 0 unspecified atom stereocenters. The molecule has 4 heteroatoms. The van der Waals surface area contributed by atoms with E-state index in [0.29, 0.717) is 10.6 Å². The molecule has 0 aliphatic heterocycles. The highest BCUT2D eigenvalue weighted by molar-refractivity contribution is 6.30. The lowest BCUT2D eigenvalue weighted by molar-refractivity contribution is 1.29. The molecule has 3 aromatic rings. The summed E-state index contributed by atoms with van der Waals surface area (Å²) in [6.07, 6.45) is 0. The number of halogens is 1. The fraction of sp³-hybridized carbons (Fsp3) is 0.0526. The van der Waals surface area contributed by atoms with Crippen molar-refractivity contribution in [2.75, 3.05) is 5.73 Å². The highest BCUT2D eigenvalue weighted by Crippen LogP contribution is 2.32. The predicted octanol–water partition coefficient (Wildman–Crippen LogP) is 4.83. The second-order valence-electron chi connectivity index (χ2n) is 5.25. The number of hydrogen-bond donors (Lipinski definition) is 1. The first-order chi connectivity index (χ1) is 11.1. The number of nitrogens with two attached hydrogens (primary N) is 1. The van der Waals surface area contributed by atoms with Crippen molar-refractivity contribution in [3.63, 3.8) is 0 Å². The van der Waals surface area contributed by atoms with Gasteiger partial charge in [-0.15, -0.1) is 0 Å². The summed E-state index contributed by atoms with van der Waals surface area (Å²) in [5.74, 6) is 0.234. The van der Waals surface area contributed by atoms with Gasteiger partial charge in [0.2, 0.25) is 0 Å². The standard InChI is InChI=1S/C19H14ClN3/c1-12-4-2-3-5-15(12)18-10-16(17(11-21)19(22)23-18)13-6-8-14(20)9-7-13/h2-10H,1H3,(H2,22,23). The van der Waals surface area contributed by atoms with Gasteiger partial charge in [0.1, 0.15) is 17.5 Å². The number of benzene rings is 2. The summed E-state index contributed by atoms with van der Waals surface area (Å²) in [6, 6.07) is 19.3. The molecular formula is C19H14ClN3. The van der Waals surface area contributed by atoms with Crippen LogP contribution in [0.15, 0.2) is 54.6 Å². The maximum Gasteiger partial charge on any atom is 0.142 e. The van der Waals surface area contributed by atoms with Crippen LogP contribution < -0.4 is 5.73 Å². The fourth-order valence-electron chi connectivity index (χ4n) is 2.54. The van der Waals surface area contributed by atoms with Gasteiger partial charge in [0.05, 0.1) is 5.69 Å². The minimum atomic E-state index is 0.234. The third-order valence-corrected chi connectivity index (χ3v) is 3.99. The third kappa shape index (κ3) is 2.90. The molecule has 0 saturated heterocycles. The summed E-state index contributed by atoms with van der Waals surface area (Å²) < 4.78 is 0. The van der Waals surface area contributed by atoms with Crippen LogP contribution in [0.1, 0.15) is 11.1 Å². The quantitative estimate of drug-likeness (QED) is 0.735. The number of nitrogen functional groups attached to an aromatic ring is 1. The molecule has 0 amide bonds. The molecule has 2 aromatic carbocycles. The Morgan fingerprint density at radius 2 is 1.74 bits per heavy atom. The largest absolute Gasteiger partial charge is 0.383 e. The van der Waals surface area contributed by atoms with Crippen molar-refractivity contribution in [2.24, 2.45) is 0 Å². The number of hydrogen-bond acceptors (Lipinski definition) is 3. The molecule has 0 aliphatic carbocycles. The smallest absolute Gasteiger partial charge is 0.142 e. The van der Waals surface area contributed by atoms with Crippen LogP contribution in [0.5, 0.6) is 0 Å². The summed E-state index contributed by atoms with van der Waals surface area (Å²) in [7, 11) is 0. The summed E-state index contributed by atoms with van der Waals surface area (Å²) in [5, 5.41) is 10.1. The minimum Gasteiger partial charge on any atom is -0.383 e. The first-order valence-electron chi connectivity index (χ1n) is 7.12. The van der Waals surface area contributed by atoms with Gasteiger partial charge in [0, 0.05) is 16.1 Å². The zero-order chi connectivity index (χ0) is 16.4. The molecule has 0 fully saturated rings. The monoisotopic (exact) mass is 319 g/mol. The molecule has 3 nitrogen and oxygen atoms in total. The van der Waals surface area contributed by atoms with Gasteiger partial charge in [-0.3, -0.25) is 0 Å². The highest BCUT2D eigenvalue weighted by atomic mass is 35.5. The van der Waals surface area contributed by atoms with E-state index in [9.17, 15) is 5.26 Å². The van der Waals surface area contributed by atoms with Crippen LogP contribution in [-0.2, 0) is 0 Å². The number of anilines is 1. The first-order valence-corrected chi connectivity index (χ1v) is 7.50. The highest BCUT2D eigenvalue weighted by Gasteiger charge is 2.14. The summed E-state index contributed by atoms with van der Waals surface area (Å²) >= 11 is 5.95. The van der Waals surface area contributed by atoms with Crippen molar-refractivity contribution in [1.82, 2.24) is 4.98 Å². The molecular weight excluding hydrogens is 306 g/mol. The van der Waals surface area contributed by atoms with E-state index < -0.39 is 0 Å². The molecule has 112 valence electrons. The van der Waals surface area contributed by atoms with Gasteiger partial charge in [-0.05, 0) is 36.2 Å². The Morgan fingerprint density at radius 1 is 1.04 bits per heavy atom. The normalized spacial score (nSPS) is 10.3. The van der Waals surface area contributed by atoms with Crippen LogP contribution in [0.3, 0.4) is 0 Å². The first kappa shape index (κ1) is 15.1. The molecule has 0 spiro atoms.